The van der Waals surface area contributed by atoms with Gasteiger partial charge in [0, 0.05) is 19.2 Å². The Kier molecular flexibility index (Phi) is 5.78. The van der Waals surface area contributed by atoms with Crippen LogP contribution in [-0.4, -0.2) is 48.8 Å². The molecule has 0 aromatic heterocycles. The van der Waals surface area contributed by atoms with Gasteiger partial charge in [-0.2, -0.15) is 8.78 Å². The third-order valence-corrected chi connectivity index (χ3v) is 3.70. The number of hydrogen-bond acceptors (Lipinski definition) is 4. The fourth-order valence-electron chi connectivity index (χ4n) is 2.49. The lowest BCUT2D eigenvalue weighted by atomic mass is 9.99. The summed E-state index contributed by atoms with van der Waals surface area (Å²) in [6.07, 6.45) is 1.06. The van der Waals surface area contributed by atoms with Crippen LogP contribution in [0.25, 0.3) is 0 Å². The van der Waals surface area contributed by atoms with Crippen molar-refractivity contribution in [3.8, 4) is 11.5 Å². The molecular formula is C15H18F2N2O5. The number of anilines is 1. The van der Waals surface area contributed by atoms with Crippen molar-refractivity contribution in [1.82, 2.24) is 4.90 Å². The molecule has 2 rings (SSSR count). The van der Waals surface area contributed by atoms with Crippen LogP contribution in [0, 0.1) is 5.92 Å². The number of carboxylic acid groups (broad SMARTS) is 1. The molecule has 1 fully saturated rings. The molecule has 0 radical (unpaired) electrons. The molecule has 9 heteroatoms. The van der Waals surface area contributed by atoms with Gasteiger partial charge < -0.3 is 24.8 Å². The number of nitrogens with one attached hydrogen (secondary N) is 1. The Balaban J connectivity index is 2.13. The van der Waals surface area contributed by atoms with Crippen molar-refractivity contribution >= 4 is 17.7 Å². The monoisotopic (exact) mass is 344 g/mol. The molecule has 1 atom stereocenters. The number of nitrogens with zero attached hydrogens (tertiary/aromatic N) is 1. The quantitative estimate of drug-likeness (QED) is 0.857. The number of ether oxygens (including phenoxy) is 2. The summed E-state index contributed by atoms with van der Waals surface area (Å²) < 4.78 is 34.3. The van der Waals surface area contributed by atoms with E-state index in [9.17, 15) is 18.4 Å². The molecule has 0 bridgehead atoms. The van der Waals surface area contributed by atoms with Crippen molar-refractivity contribution in [1.29, 1.82) is 0 Å². The highest BCUT2D eigenvalue weighted by atomic mass is 19.3. The van der Waals surface area contributed by atoms with Crippen LogP contribution in [0.4, 0.5) is 19.3 Å². The molecule has 1 heterocycles. The summed E-state index contributed by atoms with van der Waals surface area (Å²) in [7, 11) is 1.40. The average Bonchev–Trinajstić information content (AvgIpc) is 2.56. The second-order valence-electron chi connectivity index (χ2n) is 5.29. The van der Waals surface area contributed by atoms with Crippen molar-refractivity contribution in [2.75, 3.05) is 25.5 Å². The number of carbonyl (C=O) groups is 2. The normalized spacial score (nSPS) is 17.5. The Morgan fingerprint density at radius 1 is 1.42 bits per heavy atom. The van der Waals surface area contributed by atoms with Gasteiger partial charge in [-0.05, 0) is 25.0 Å². The van der Waals surface area contributed by atoms with Crippen LogP contribution < -0.4 is 14.8 Å². The van der Waals surface area contributed by atoms with Crippen molar-refractivity contribution in [2.24, 2.45) is 5.92 Å². The fourth-order valence-corrected chi connectivity index (χ4v) is 2.49. The van der Waals surface area contributed by atoms with Crippen LogP contribution in [-0.2, 0) is 4.79 Å². The lowest BCUT2D eigenvalue weighted by molar-refractivity contribution is -0.143. The predicted molar refractivity (Wildman–Crippen MR) is 80.6 cm³/mol. The Morgan fingerprint density at radius 3 is 2.79 bits per heavy atom. The van der Waals surface area contributed by atoms with Gasteiger partial charge in [0.25, 0.3) is 0 Å². The van der Waals surface area contributed by atoms with Crippen LogP contribution in [0.1, 0.15) is 12.8 Å². The van der Waals surface area contributed by atoms with E-state index in [-0.39, 0.29) is 18.0 Å². The van der Waals surface area contributed by atoms with Gasteiger partial charge in [-0.15, -0.1) is 0 Å². The minimum absolute atomic E-state index is 0.0251. The Labute approximate surface area is 137 Å². The fraction of sp³-hybridized carbons (Fsp3) is 0.467. The first-order chi connectivity index (χ1) is 11.4. The topological polar surface area (TPSA) is 88.1 Å². The average molecular weight is 344 g/mol. The summed E-state index contributed by atoms with van der Waals surface area (Å²) in [5.41, 5.74) is 0.0251. The Bertz CT molecular complexity index is 612. The predicted octanol–water partition coefficient (Wildman–Crippen LogP) is 2.63. The van der Waals surface area contributed by atoms with Crippen molar-refractivity contribution in [2.45, 2.75) is 19.5 Å². The van der Waals surface area contributed by atoms with Crippen LogP contribution in [0.15, 0.2) is 18.2 Å². The molecule has 0 aliphatic carbocycles. The maximum atomic E-state index is 12.5. The molecule has 132 valence electrons. The number of methoxy groups -OCH3 is 1. The highest BCUT2D eigenvalue weighted by Crippen LogP contribution is 2.31. The zero-order valence-electron chi connectivity index (χ0n) is 13.0. The maximum absolute atomic E-state index is 12.5. The van der Waals surface area contributed by atoms with E-state index in [1.165, 1.54) is 30.2 Å². The summed E-state index contributed by atoms with van der Waals surface area (Å²) in [6.45, 7) is -2.58. The summed E-state index contributed by atoms with van der Waals surface area (Å²) in [5.74, 6) is -1.44. The van der Waals surface area contributed by atoms with Crippen molar-refractivity contribution < 1.29 is 33.0 Å². The zero-order chi connectivity index (χ0) is 17.7. The van der Waals surface area contributed by atoms with Gasteiger partial charge in [-0.25, -0.2) is 4.79 Å². The second kappa shape index (κ2) is 7.80. The minimum atomic E-state index is -3.04. The number of urea groups is 1. The summed E-state index contributed by atoms with van der Waals surface area (Å²) in [4.78, 5) is 24.7. The van der Waals surface area contributed by atoms with Gasteiger partial charge in [-0.1, -0.05) is 0 Å². The molecule has 1 unspecified atom stereocenters. The first kappa shape index (κ1) is 17.8. The van der Waals surface area contributed by atoms with Crippen LogP contribution in [0.3, 0.4) is 0 Å². The van der Waals surface area contributed by atoms with Crippen LogP contribution in [0.2, 0.25) is 0 Å². The van der Waals surface area contributed by atoms with E-state index in [4.69, 9.17) is 9.84 Å². The number of alkyl halides is 2. The van der Waals surface area contributed by atoms with Gasteiger partial charge in [0.1, 0.15) is 11.5 Å². The van der Waals surface area contributed by atoms with E-state index in [0.29, 0.717) is 25.1 Å². The highest BCUT2D eigenvalue weighted by Gasteiger charge is 2.28. The van der Waals surface area contributed by atoms with Crippen LogP contribution in [0.5, 0.6) is 11.5 Å². The molecule has 24 heavy (non-hydrogen) atoms. The number of halogens is 2. The van der Waals surface area contributed by atoms with E-state index in [0.717, 1.165) is 0 Å². The number of carboxylic acids is 1. The highest BCUT2D eigenvalue weighted by molar-refractivity contribution is 5.91. The molecular weight excluding hydrogens is 326 g/mol. The molecule has 0 spiro atoms. The molecule has 1 aromatic carbocycles. The standard InChI is InChI=1S/C15H18F2N2O5/c1-23-10-4-5-12(24-14(16)17)11(7-10)18-15(22)19-6-2-3-9(8-19)13(20)21/h4-5,7,9,14H,2-3,6,8H2,1H3,(H,18,22)(H,20,21). The number of likely N-dealkylation sites (tertiary alicyclic amines) is 1. The van der Waals surface area contributed by atoms with Crippen molar-refractivity contribution in [3.63, 3.8) is 0 Å². The van der Waals surface area contributed by atoms with E-state index in [1.807, 2.05) is 0 Å². The largest absolute Gasteiger partial charge is 0.497 e. The maximum Gasteiger partial charge on any atom is 0.387 e. The number of carbonyl (C=O) groups excluding carboxylic acids is 1. The second-order valence-corrected chi connectivity index (χ2v) is 5.29. The number of benzene rings is 1. The van der Waals surface area contributed by atoms with Gasteiger partial charge in [-0.3, -0.25) is 4.79 Å². The van der Waals surface area contributed by atoms with Crippen molar-refractivity contribution in [3.05, 3.63) is 18.2 Å². The lowest BCUT2D eigenvalue weighted by Crippen LogP contribution is -2.44. The van der Waals surface area contributed by atoms with Gasteiger partial charge in [0.2, 0.25) is 0 Å². The molecule has 0 saturated carbocycles. The number of hydrogen-bond donors (Lipinski definition) is 2. The van der Waals surface area contributed by atoms with Gasteiger partial charge in [0.05, 0.1) is 18.7 Å². The zero-order valence-corrected chi connectivity index (χ0v) is 13.0. The lowest BCUT2D eigenvalue weighted by Gasteiger charge is -2.30. The number of rotatable bonds is 5. The van der Waals surface area contributed by atoms with Gasteiger partial charge in [0.15, 0.2) is 0 Å². The molecule has 1 saturated heterocycles. The first-order valence-electron chi connectivity index (χ1n) is 7.32. The van der Waals surface area contributed by atoms with Gasteiger partial charge >= 0.3 is 18.6 Å². The Hall–Kier alpha value is -2.58. The van der Waals surface area contributed by atoms with E-state index >= 15 is 0 Å². The molecule has 2 N–H and O–H groups in total. The van der Waals surface area contributed by atoms with E-state index in [2.05, 4.69) is 10.1 Å². The first-order valence-corrected chi connectivity index (χ1v) is 7.32. The smallest absolute Gasteiger partial charge is 0.387 e. The molecule has 1 aliphatic rings. The number of aliphatic carboxylic acids is 1. The van der Waals surface area contributed by atoms with E-state index < -0.39 is 24.5 Å². The van der Waals surface area contributed by atoms with E-state index in [1.54, 1.807) is 0 Å². The third kappa shape index (κ3) is 4.46. The minimum Gasteiger partial charge on any atom is -0.497 e. The molecule has 1 aromatic rings. The number of amides is 2. The number of piperidine rings is 1. The molecule has 2 amide bonds. The Morgan fingerprint density at radius 2 is 2.17 bits per heavy atom. The SMILES string of the molecule is COc1ccc(OC(F)F)c(NC(=O)N2CCCC(C(=O)O)C2)c1. The summed E-state index contributed by atoms with van der Waals surface area (Å²) in [6, 6.07) is 3.47. The third-order valence-electron chi connectivity index (χ3n) is 3.70. The molecule has 1 aliphatic heterocycles. The van der Waals surface area contributed by atoms with Crippen LogP contribution >= 0.6 is 0 Å². The molecule has 7 nitrogen and oxygen atoms in total. The summed E-state index contributed by atoms with van der Waals surface area (Å²) in [5, 5.41) is 11.5. The summed E-state index contributed by atoms with van der Waals surface area (Å²) >= 11 is 0.